The largest absolute Gasteiger partial charge is 0.486 e. The number of hydrogen-bond donors (Lipinski definition) is 0. The predicted molar refractivity (Wildman–Crippen MR) is 113 cm³/mol. The fourth-order valence-electron chi connectivity index (χ4n) is 3.07. The molecule has 0 spiro atoms. The molecule has 1 amide bonds. The average Bonchev–Trinajstić information content (AvgIpc) is 3.03. The molecule has 4 rings (SSSR count). The van der Waals surface area contributed by atoms with Crippen LogP contribution < -0.4 is 14.3 Å². The van der Waals surface area contributed by atoms with E-state index in [1.807, 2.05) is 30.3 Å². The third-order valence-corrected chi connectivity index (χ3v) is 6.40. The number of nitrogens with zero attached hydrogens (tertiary/aromatic N) is 2. The molecule has 0 fully saturated rings. The van der Waals surface area contributed by atoms with Crippen LogP contribution in [-0.2, 0) is 11.3 Å². The van der Waals surface area contributed by atoms with Crippen molar-refractivity contribution in [2.45, 2.75) is 31.2 Å². The molecule has 28 heavy (non-hydrogen) atoms. The van der Waals surface area contributed by atoms with E-state index in [-0.39, 0.29) is 5.91 Å². The third-order valence-electron chi connectivity index (χ3n) is 4.34. The van der Waals surface area contributed by atoms with Gasteiger partial charge in [0.05, 0.1) is 10.2 Å². The van der Waals surface area contributed by atoms with E-state index < -0.39 is 0 Å². The Kier molecular flexibility index (Phi) is 6.02. The van der Waals surface area contributed by atoms with Gasteiger partial charge in [-0.05, 0) is 18.6 Å². The van der Waals surface area contributed by atoms with Gasteiger partial charge < -0.3 is 14.0 Å². The highest BCUT2D eigenvalue weighted by Gasteiger charge is 2.16. The maximum Gasteiger partial charge on any atom is 0.249 e. The lowest BCUT2D eigenvalue weighted by Crippen LogP contribution is -2.17. The Morgan fingerprint density at radius 2 is 1.93 bits per heavy atom. The molecule has 0 N–H and O–H groups in total. The predicted octanol–water partition coefficient (Wildman–Crippen LogP) is 4.49. The van der Waals surface area contributed by atoms with E-state index in [2.05, 4.69) is 28.6 Å². The van der Waals surface area contributed by atoms with Crippen molar-refractivity contribution in [2.75, 3.05) is 19.0 Å². The van der Waals surface area contributed by atoms with Gasteiger partial charge in [-0.1, -0.05) is 36.5 Å². The number of ether oxygens (including phenoxy) is 2. The molecule has 1 aliphatic rings. The van der Waals surface area contributed by atoms with E-state index in [0.717, 1.165) is 45.2 Å². The van der Waals surface area contributed by atoms with Crippen molar-refractivity contribution >= 4 is 39.2 Å². The highest BCUT2D eigenvalue weighted by atomic mass is 32.2. The SMILES string of the molecule is CCCn1c(=NC(=O)CCSc2ccccc2)sc2cc3c(cc21)OCCO3. The summed E-state index contributed by atoms with van der Waals surface area (Å²) in [5, 5.41) is 0. The minimum absolute atomic E-state index is 0.0860. The van der Waals surface area contributed by atoms with Crippen molar-refractivity contribution in [3.8, 4) is 11.5 Å². The zero-order valence-corrected chi connectivity index (χ0v) is 17.4. The van der Waals surface area contributed by atoms with Gasteiger partial charge in [-0.25, -0.2) is 0 Å². The minimum Gasteiger partial charge on any atom is -0.486 e. The first-order chi connectivity index (χ1) is 13.7. The van der Waals surface area contributed by atoms with Crippen LogP contribution in [-0.4, -0.2) is 29.4 Å². The molecule has 146 valence electrons. The lowest BCUT2D eigenvalue weighted by molar-refractivity contribution is -0.117. The first-order valence-corrected chi connectivity index (χ1v) is 11.2. The molecule has 1 aromatic heterocycles. The highest BCUT2D eigenvalue weighted by Crippen LogP contribution is 2.35. The zero-order chi connectivity index (χ0) is 19.3. The Balaban J connectivity index is 1.57. The van der Waals surface area contributed by atoms with Gasteiger partial charge >= 0.3 is 0 Å². The van der Waals surface area contributed by atoms with Crippen LogP contribution >= 0.6 is 23.1 Å². The Morgan fingerprint density at radius 3 is 2.68 bits per heavy atom. The third kappa shape index (κ3) is 4.25. The number of thioether (sulfide) groups is 1. The van der Waals surface area contributed by atoms with Gasteiger partial charge in [0.15, 0.2) is 16.3 Å². The van der Waals surface area contributed by atoms with Gasteiger partial charge in [0.2, 0.25) is 5.91 Å². The molecule has 5 nitrogen and oxygen atoms in total. The fraction of sp³-hybridized carbons (Fsp3) is 0.333. The van der Waals surface area contributed by atoms with Crippen molar-refractivity contribution < 1.29 is 14.3 Å². The Bertz CT molecular complexity index is 1040. The van der Waals surface area contributed by atoms with Crippen LogP contribution in [0, 0.1) is 0 Å². The van der Waals surface area contributed by atoms with E-state index in [9.17, 15) is 4.79 Å². The van der Waals surface area contributed by atoms with E-state index in [1.165, 1.54) is 16.2 Å². The maximum absolute atomic E-state index is 12.5. The molecule has 0 unspecified atom stereocenters. The number of amides is 1. The van der Waals surface area contributed by atoms with Crippen molar-refractivity contribution in [3.05, 3.63) is 47.3 Å². The summed E-state index contributed by atoms with van der Waals surface area (Å²) >= 11 is 3.21. The Labute approximate surface area is 172 Å². The molecular formula is C21H22N2O3S2. The standard InChI is InChI=1S/C21H22N2O3S2/c1-2-9-23-16-13-17-18(26-11-10-25-17)14-19(16)28-21(23)22-20(24)8-12-27-15-6-4-3-5-7-15/h3-7,13-14H,2,8-12H2,1H3. The van der Waals surface area contributed by atoms with E-state index in [0.29, 0.717) is 19.6 Å². The summed E-state index contributed by atoms with van der Waals surface area (Å²) in [6.07, 6.45) is 1.38. The summed E-state index contributed by atoms with van der Waals surface area (Å²) < 4.78 is 14.6. The van der Waals surface area contributed by atoms with Crippen LogP contribution in [0.25, 0.3) is 10.2 Å². The molecule has 0 saturated heterocycles. The summed E-state index contributed by atoms with van der Waals surface area (Å²) in [5.41, 5.74) is 1.04. The number of aryl methyl sites for hydroxylation is 1. The van der Waals surface area contributed by atoms with Gasteiger partial charge in [-0.2, -0.15) is 4.99 Å². The average molecular weight is 415 g/mol. The molecule has 1 aliphatic heterocycles. The Morgan fingerprint density at radius 1 is 1.18 bits per heavy atom. The molecule has 0 saturated carbocycles. The topological polar surface area (TPSA) is 52.8 Å². The van der Waals surface area contributed by atoms with Crippen LogP contribution in [0.15, 0.2) is 52.4 Å². The molecule has 2 heterocycles. The van der Waals surface area contributed by atoms with E-state index in [1.54, 1.807) is 11.8 Å². The summed E-state index contributed by atoms with van der Waals surface area (Å²) in [6.45, 7) is 4.06. The number of benzene rings is 2. The highest BCUT2D eigenvalue weighted by molar-refractivity contribution is 7.99. The van der Waals surface area contributed by atoms with E-state index in [4.69, 9.17) is 9.47 Å². The number of carbonyl (C=O) groups excluding carboxylic acids is 1. The number of rotatable bonds is 6. The minimum atomic E-state index is -0.0860. The van der Waals surface area contributed by atoms with Gasteiger partial charge in [-0.3, -0.25) is 4.79 Å². The zero-order valence-electron chi connectivity index (χ0n) is 15.7. The van der Waals surface area contributed by atoms with Crippen molar-refractivity contribution in [2.24, 2.45) is 4.99 Å². The first-order valence-electron chi connectivity index (χ1n) is 9.43. The lowest BCUT2D eigenvalue weighted by Gasteiger charge is -2.18. The second-order valence-electron chi connectivity index (χ2n) is 6.42. The number of carbonyl (C=O) groups is 1. The van der Waals surface area contributed by atoms with Gasteiger partial charge in [0, 0.05) is 35.7 Å². The Hall–Kier alpha value is -2.25. The van der Waals surface area contributed by atoms with Crippen molar-refractivity contribution in [1.82, 2.24) is 4.57 Å². The van der Waals surface area contributed by atoms with Gasteiger partial charge in [0.25, 0.3) is 0 Å². The van der Waals surface area contributed by atoms with Crippen LogP contribution in [0.4, 0.5) is 0 Å². The monoisotopic (exact) mass is 414 g/mol. The molecule has 0 bridgehead atoms. The summed E-state index contributed by atoms with van der Waals surface area (Å²) in [7, 11) is 0. The molecule has 0 radical (unpaired) electrons. The van der Waals surface area contributed by atoms with Crippen LogP contribution in [0.2, 0.25) is 0 Å². The van der Waals surface area contributed by atoms with Crippen molar-refractivity contribution in [1.29, 1.82) is 0 Å². The smallest absolute Gasteiger partial charge is 0.249 e. The second kappa shape index (κ2) is 8.84. The molecule has 0 atom stereocenters. The van der Waals surface area contributed by atoms with Gasteiger partial charge in [-0.15, -0.1) is 11.8 Å². The van der Waals surface area contributed by atoms with Crippen LogP contribution in [0.5, 0.6) is 11.5 Å². The van der Waals surface area contributed by atoms with Crippen LogP contribution in [0.3, 0.4) is 0 Å². The van der Waals surface area contributed by atoms with Gasteiger partial charge in [0.1, 0.15) is 13.2 Å². The van der Waals surface area contributed by atoms with Crippen LogP contribution in [0.1, 0.15) is 19.8 Å². The number of hydrogen-bond acceptors (Lipinski definition) is 5. The fourth-order valence-corrected chi connectivity index (χ4v) is 5.01. The number of fused-ring (bicyclic) bond motifs is 2. The molecule has 7 heteroatoms. The number of thiazole rings is 1. The second-order valence-corrected chi connectivity index (χ2v) is 8.59. The normalized spacial score (nSPS) is 13.8. The summed E-state index contributed by atoms with van der Waals surface area (Å²) in [4.78, 5) is 18.8. The molecule has 0 aliphatic carbocycles. The van der Waals surface area contributed by atoms with E-state index >= 15 is 0 Å². The summed E-state index contributed by atoms with van der Waals surface area (Å²) in [6, 6.07) is 14.1. The molecule has 3 aromatic rings. The molecule has 2 aromatic carbocycles. The maximum atomic E-state index is 12.5. The summed E-state index contributed by atoms with van der Waals surface area (Å²) in [5.74, 6) is 2.16. The quantitative estimate of drug-likeness (QED) is 0.558. The molecular weight excluding hydrogens is 392 g/mol. The van der Waals surface area contributed by atoms with Crippen molar-refractivity contribution in [3.63, 3.8) is 0 Å². The first kappa shape index (κ1) is 19.1. The lowest BCUT2D eigenvalue weighted by atomic mass is 10.2. The number of aromatic nitrogens is 1.